The van der Waals surface area contributed by atoms with Crippen molar-refractivity contribution >= 4 is 23.3 Å². The highest BCUT2D eigenvalue weighted by Crippen LogP contribution is 2.36. The molecule has 3 heterocycles. The average molecular weight is 384 g/mol. The van der Waals surface area contributed by atoms with E-state index in [4.69, 9.17) is 11.6 Å². The fourth-order valence-corrected chi connectivity index (χ4v) is 3.22. The maximum atomic E-state index is 13.1. The van der Waals surface area contributed by atoms with Gasteiger partial charge in [-0.15, -0.1) is 0 Å². The van der Waals surface area contributed by atoms with Gasteiger partial charge in [-0.1, -0.05) is 11.6 Å². The molecule has 3 rings (SSSR count). The number of hydrogen-bond acceptors (Lipinski definition) is 3. The Morgan fingerprint density at radius 1 is 1.24 bits per heavy atom. The summed E-state index contributed by atoms with van der Waals surface area (Å²) >= 11 is 5.87. The van der Waals surface area contributed by atoms with Crippen LogP contribution < -0.4 is 4.90 Å². The van der Waals surface area contributed by atoms with E-state index in [1.165, 1.54) is 4.90 Å². The Bertz CT molecular complexity index is 666. The van der Waals surface area contributed by atoms with Crippen molar-refractivity contribution in [3.8, 4) is 0 Å². The minimum Gasteiger partial charge on any atom is -0.354 e. The van der Waals surface area contributed by atoms with Gasteiger partial charge in [-0.25, -0.2) is 13.8 Å². The molecule has 0 saturated carbocycles. The smallest absolute Gasteiger partial charge is 0.354 e. The van der Waals surface area contributed by atoms with Gasteiger partial charge in [-0.05, 0) is 6.07 Å². The van der Waals surface area contributed by atoms with Crippen LogP contribution in [0.4, 0.5) is 27.8 Å². The largest absolute Gasteiger partial charge is 0.417 e. The summed E-state index contributed by atoms with van der Waals surface area (Å²) in [6.45, 7) is 0.539. The van der Waals surface area contributed by atoms with Crippen molar-refractivity contribution in [3.05, 3.63) is 22.8 Å². The molecular weight excluding hydrogens is 369 g/mol. The van der Waals surface area contributed by atoms with Gasteiger partial charge >= 0.3 is 6.18 Å². The van der Waals surface area contributed by atoms with Gasteiger partial charge in [0, 0.05) is 45.2 Å². The van der Waals surface area contributed by atoms with Crippen LogP contribution in [-0.2, 0) is 11.0 Å². The number of aromatic nitrogens is 1. The van der Waals surface area contributed by atoms with Crippen LogP contribution >= 0.6 is 11.6 Å². The summed E-state index contributed by atoms with van der Waals surface area (Å²) in [5.74, 6) is -3.13. The minimum atomic E-state index is -4.53. The number of nitrogens with zero attached hydrogens (tertiary/aromatic N) is 3. The van der Waals surface area contributed by atoms with E-state index in [-0.39, 0.29) is 61.7 Å². The zero-order valence-electron chi connectivity index (χ0n) is 13.0. The van der Waals surface area contributed by atoms with Gasteiger partial charge in [-0.3, -0.25) is 4.79 Å². The molecule has 0 bridgehead atoms. The van der Waals surface area contributed by atoms with E-state index in [9.17, 15) is 26.7 Å². The van der Waals surface area contributed by atoms with Crippen molar-refractivity contribution in [2.75, 3.05) is 31.1 Å². The normalized spacial score (nSPS) is 21.2. The molecule has 25 heavy (non-hydrogen) atoms. The Kier molecular flexibility index (Phi) is 4.55. The second-order valence-corrected chi connectivity index (χ2v) is 6.72. The molecule has 4 nitrogen and oxygen atoms in total. The Labute approximate surface area is 145 Å². The molecule has 10 heteroatoms. The standard InChI is InChI=1S/C15H15ClF5N3O/c16-11-5-10(15(19,20)21)6-22-12(11)24-7-9(8-24)13(25)23-3-1-14(17,18)2-4-23/h5-6,9H,1-4,7-8H2. The van der Waals surface area contributed by atoms with E-state index < -0.39 is 17.7 Å². The van der Waals surface area contributed by atoms with Crippen LogP contribution in [0, 0.1) is 5.92 Å². The maximum Gasteiger partial charge on any atom is 0.417 e. The number of likely N-dealkylation sites (tertiary alicyclic amines) is 1. The number of rotatable bonds is 2. The fraction of sp³-hybridized carbons (Fsp3) is 0.600. The van der Waals surface area contributed by atoms with Gasteiger partial charge in [0.05, 0.1) is 16.5 Å². The lowest BCUT2D eigenvalue weighted by Gasteiger charge is -2.43. The third-order valence-corrected chi connectivity index (χ3v) is 4.76. The SMILES string of the molecule is O=C(C1CN(c2ncc(C(F)(F)F)cc2Cl)C1)N1CCC(F)(F)CC1. The minimum absolute atomic E-state index is 0.0155. The zero-order valence-corrected chi connectivity index (χ0v) is 13.7. The molecule has 0 N–H and O–H groups in total. The summed E-state index contributed by atoms with van der Waals surface area (Å²) in [7, 11) is 0. The van der Waals surface area contributed by atoms with Gasteiger partial charge in [0.1, 0.15) is 5.82 Å². The van der Waals surface area contributed by atoms with Crippen molar-refractivity contribution in [2.24, 2.45) is 5.92 Å². The molecule has 1 amide bonds. The molecule has 2 fully saturated rings. The average Bonchev–Trinajstić information content (AvgIpc) is 2.46. The molecule has 0 spiro atoms. The molecular formula is C15H15ClF5N3O. The summed E-state index contributed by atoms with van der Waals surface area (Å²) in [5, 5.41) is -0.140. The van der Waals surface area contributed by atoms with Crippen LogP contribution in [0.2, 0.25) is 5.02 Å². The number of hydrogen-bond donors (Lipinski definition) is 0. The Morgan fingerprint density at radius 3 is 2.36 bits per heavy atom. The van der Waals surface area contributed by atoms with Crippen LogP contribution in [0.5, 0.6) is 0 Å². The van der Waals surface area contributed by atoms with Gasteiger partial charge in [0.25, 0.3) is 5.92 Å². The predicted octanol–water partition coefficient (Wildman–Crippen LogP) is 3.45. The summed E-state index contributed by atoms with van der Waals surface area (Å²) in [4.78, 5) is 19.1. The fourth-order valence-electron chi connectivity index (χ4n) is 2.94. The highest BCUT2D eigenvalue weighted by Gasteiger charge is 2.41. The lowest BCUT2D eigenvalue weighted by Crippen LogP contribution is -2.56. The third-order valence-electron chi connectivity index (χ3n) is 4.49. The molecule has 0 aromatic carbocycles. The molecule has 0 aliphatic carbocycles. The Morgan fingerprint density at radius 2 is 1.84 bits per heavy atom. The van der Waals surface area contributed by atoms with Crippen molar-refractivity contribution in [2.45, 2.75) is 24.9 Å². The maximum absolute atomic E-state index is 13.1. The lowest BCUT2D eigenvalue weighted by molar-refractivity contribution is -0.142. The first kappa shape index (κ1) is 18.2. The van der Waals surface area contributed by atoms with Gasteiger partial charge in [0.2, 0.25) is 5.91 Å². The van der Waals surface area contributed by atoms with Crippen LogP contribution in [0.3, 0.4) is 0 Å². The molecule has 0 unspecified atom stereocenters. The summed E-state index contributed by atoms with van der Waals surface area (Å²) in [5.41, 5.74) is -0.941. The van der Waals surface area contributed by atoms with Crippen LogP contribution in [0.25, 0.3) is 0 Å². The topological polar surface area (TPSA) is 36.4 Å². The first-order valence-corrected chi connectivity index (χ1v) is 8.09. The molecule has 0 atom stereocenters. The van der Waals surface area contributed by atoms with Crippen LogP contribution in [0.1, 0.15) is 18.4 Å². The van der Waals surface area contributed by atoms with E-state index in [2.05, 4.69) is 4.98 Å². The van der Waals surface area contributed by atoms with Gasteiger partial charge in [0.15, 0.2) is 0 Å². The second kappa shape index (κ2) is 6.26. The van der Waals surface area contributed by atoms with E-state index in [1.54, 1.807) is 4.90 Å². The summed E-state index contributed by atoms with van der Waals surface area (Å²) in [6.07, 6.45) is -4.52. The van der Waals surface area contributed by atoms with Crippen LogP contribution in [0.15, 0.2) is 12.3 Å². The molecule has 2 aliphatic rings. The molecule has 2 aliphatic heterocycles. The first-order chi connectivity index (χ1) is 11.6. The van der Waals surface area contributed by atoms with Gasteiger partial charge < -0.3 is 9.80 Å². The summed E-state index contributed by atoms with van der Waals surface area (Å²) in [6, 6.07) is 0.797. The third kappa shape index (κ3) is 3.80. The Hall–Kier alpha value is -1.64. The second-order valence-electron chi connectivity index (χ2n) is 6.31. The monoisotopic (exact) mass is 383 g/mol. The number of piperidine rings is 1. The summed E-state index contributed by atoms with van der Waals surface area (Å²) < 4.78 is 64.1. The van der Waals surface area contributed by atoms with Crippen molar-refractivity contribution in [3.63, 3.8) is 0 Å². The Balaban J connectivity index is 1.58. The number of carbonyl (C=O) groups excluding carboxylic acids is 1. The van der Waals surface area contributed by atoms with E-state index in [0.717, 1.165) is 6.07 Å². The van der Waals surface area contributed by atoms with E-state index in [0.29, 0.717) is 6.20 Å². The molecule has 138 valence electrons. The highest BCUT2D eigenvalue weighted by atomic mass is 35.5. The molecule has 0 radical (unpaired) electrons. The number of carbonyl (C=O) groups is 1. The number of anilines is 1. The van der Waals surface area contributed by atoms with Crippen molar-refractivity contribution < 1.29 is 26.7 Å². The molecule has 2 saturated heterocycles. The quantitative estimate of drug-likeness (QED) is 0.734. The number of amides is 1. The predicted molar refractivity (Wildman–Crippen MR) is 80.7 cm³/mol. The van der Waals surface area contributed by atoms with Gasteiger partial charge in [-0.2, -0.15) is 13.2 Å². The molecule has 1 aromatic rings. The molecule has 1 aromatic heterocycles. The lowest BCUT2D eigenvalue weighted by atomic mass is 9.96. The van der Waals surface area contributed by atoms with Crippen LogP contribution in [-0.4, -0.2) is 47.9 Å². The number of pyridine rings is 1. The van der Waals surface area contributed by atoms with E-state index in [1.807, 2.05) is 0 Å². The number of alkyl halides is 5. The number of halogens is 6. The first-order valence-electron chi connectivity index (χ1n) is 7.71. The highest BCUT2D eigenvalue weighted by molar-refractivity contribution is 6.33. The zero-order chi connectivity index (χ0) is 18.4. The van der Waals surface area contributed by atoms with Crippen molar-refractivity contribution in [1.29, 1.82) is 0 Å². The van der Waals surface area contributed by atoms with E-state index >= 15 is 0 Å². The van der Waals surface area contributed by atoms with Crippen molar-refractivity contribution in [1.82, 2.24) is 9.88 Å².